The predicted octanol–water partition coefficient (Wildman–Crippen LogP) is 9.66. The molecule has 2 heterocycles. The van der Waals surface area contributed by atoms with Crippen LogP contribution in [0.15, 0.2) is 67.2 Å². The van der Waals surface area contributed by atoms with Crippen molar-refractivity contribution in [3.63, 3.8) is 0 Å². The van der Waals surface area contributed by atoms with Crippen LogP contribution in [0, 0.1) is 41.5 Å². The number of rotatable bonds is 8. The van der Waals surface area contributed by atoms with Crippen molar-refractivity contribution in [2.24, 2.45) is 0 Å². The predicted molar refractivity (Wildman–Crippen MR) is 202 cm³/mol. The molecule has 6 nitrogen and oxygen atoms in total. The van der Waals surface area contributed by atoms with E-state index in [-0.39, 0.29) is 0 Å². The maximum Gasteiger partial charge on any atom is 0.325 e. The van der Waals surface area contributed by atoms with E-state index in [1.54, 1.807) is 0 Å². The summed E-state index contributed by atoms with van der Waals surface area (Å²) >= 11 is 0. The highest BCUT2D eigenvalue weighted by molar-refractivity contribution is 5.79. The third-order valence-electron chi connectivity index (χ3n) is 10.5. The number of aliphatic carboxylic acids is 2. The number of allylic oxidation sites excluding steroid dienone is 1. The maximum absolute atomic E-state index is 12.0. The van der Waals surface area contributed by atoms with Crippen LogP contribution in [0.2, 0.25) is 0 Å². The third kappa shape index (κ3) is 7.33. The topological polar surface area (TPSA) is 81.1 Å². The molecule has 2 aliphatic rings. The van der Waals surface area contributed by atoms with E-state index in [9.17, 15) is 19.8 Å². The van der Waals surface area contributed by atoms with Crippen LogP contribution in [0.5, 0.6) is 0 Å². The van der Waals surface area contributed by atoms with E-state index in [0.717, 1.165) is 27.8 Å². The Kier molecular flexibility index (Phi) is 10.8. The average Bonchev–Trinajstić information content (AvgIpc) is 3.58. The fraction of sp³-hybridized carbons (Fsp3) is 0.364. The van der Waals surface area contributed by atoms with Gasteiger partial charge < -0.3 is 10.2 Å². The third-order valence-corrected chi connectivity index (χ3v) is 10.5. The van der Waals surface area contributed by atoms with Crippen molar-refractivity contribution >= 4 is 17.5 Å². The zero-order valence-electron chi connectivity index (χ0n) is 31.1. The molecule has 2 aliphatic heterocycles. The molecule has 0 fully saturated rings. The second-order valence-corrected chi connectivity index (χ2v) is 14.8. The van der Waals surface area contributed by atoms with Gasteiger partial charge in [-0.3, -0.25) is 19.4 Å². The van der Waals surface area contributed by atoms with Crippen molar-refractivity contribution in [3.8, 4) is 0 Å². The summed E-state index contributed by atoms with van der Waals surface area (Å²) in [7, 11) is 0. The highest BCUT2D eigenvalue weighted by Gasteiger charge is 2.38. The van der Waals surface area contributed by atoms with Gasteiger partial charge >= 0.3 is 11.9 Å². The van der Waals surface area contributed by atoms with Crippen LogP contribution >= 0.6 is 0 Å². The molecule has 4 aromatic carbocycles. The van der Waals surface area contributed by atoms with Crippen LogP contribution < -0.4 is 0 Å². The Morgan fingerprint density at radius 3 is 1.50 bits per heavy atom. The number of carbonyl (C=O) groups is 2. The van der Waals surface area contributed by atoms with Gasteiger partial charge in [-0.2, -0.15) is 0 Å². The first-order chi connectivity index (χ1) is 23.6. The van der Waals surface area contributed by atoms with Gasteiger partial charge in [0.2, 0.25) is 0 Å². The molecular weight excluding hydrogens is 620 g/mol. The van der Waals surface area contributed by atoms with E-state index >= 15 is 0 Å². The molecule has 6 heteroatoms. The number of aryl methyl sites for hydroxylation is 6. The Morgan fingerprint density at radius 1 is 0.700 bits per heavy atom. The zero-order chi connectivity index (χ0) is 36.6. The van der Waals surface area contributed by atoms with Crippen molar-refractivity contribution in [2.75, 3.05) is 0 Å². The van der Waals surface area contributed by atoms with Gasteiger partial charge in [-0.15, -0.1) is 0 Å². The lowest BCUT2D eigenvalue weighted by molar-refractivity contribution is -0.144. The number of hydrogen-bond donors (Lipinski definition) is 2. The minimum Gasteiger partial charge on any atom is -0.480 e. The second kappa shape index (κ2) is 14.8. The fourth-order valence-corrected chi connectivity index (χ4v) is 8.22. The van der Waals surface area contributed by atoms with E-state index in [4.69, 9.17) is 0 Å². The number of nitrogens with zero attached hydrogens (tertiary/aromatic N) is 2. The lowest BCUT2D eigenvalue weighted by atomic mass is 9.93. The van der Waals surface area contributed by atoms with Crippen molar-refractivity contribution in [1.82, 2.24) is 9.80 Å². The first-order valence-corrected chi connectivity index (χ1v) is 17.6. The summed E-state index contributed by atoms with van der Waals surface area (Å²) in [4.78, 5) is 28.2. The summed E-state index contributed by atoms with van der Waals surface area (Å²) < 4.78 is 0. The molecule has 0 saturated carbocycles. The second-order valence-electron chi connectivity index (χ2n) is 14.8. The standard InChI is InChI=1S/C22H27NO2.C22H25NO2/c2*1-13(2)17-7-6-8-18-20(17)12-23(21(18)22(24)25)11-19-15(4)9-14(3)10-16(19)5/h6-10,13,21H,11-12H2,1-5H3,(H,24,25);6-10,21H,1,11-12H2,2-5H3,(H,24,25). The summed E-state index contributed by atoms with van der Waals surface area (Å²) in [5, 5.41) is 19.7. The molecule has 0 aromatic heterocycles. The molecule has 6 rings (SSSR count). The minimum atomic E-state index is -0.792. The van der Waals surface area contributed by atoms with Gasteiger partial charge in [0, 0.05) is 26.2 Å². The maximum atomic E-state index is 12.0. The highest BCUT2D eigenvalue weighted by Crippen LogP contribution is 2.41. The van der Waals surface area contributed by atoms with E-state index in [0.29, 0.717) is 32.1 Å². The van der Waals surface area contributed by atoms with Gasteiger partial charge in [0.1, 0.15) is 12.1 Å². The number of carboxylic acid groups (broad SMARTS) is 2. The van der Waals surface area contributed by atoms with Crippen LogP contribution in [0.25, 0.3) is 5.57 Å². The Labute approximate surface area is 298 Å². The van der Waals surface area contributed by atoms with Crippen molar-refractivity contribution in [1.29, 1.82) is 0 Å². The van der Waals surface area contributed by atoms with E-state index < -0.39 is 24.0 Å². The highest BCUT2D eigenvalue weighted by atomic mass is 16.4. The van der Waals surface area contributed by atoms with E-state index in [2.05, 4.69) is 102 Å². The van der Waals surface area contributed by atoms with Crippen LogP contribution in [-0.2, 0) is 35.8 Å². The van der Waals surface area contributed by atoms with Gasteiger partial charge in [0.05, 0.1) is 0 Å². The van der Waals surface area contributed by atoms with Crippen LogP contribution in [0.1, 0.15) is 117 Å². The van der Waals surface area contributed by atoms with Crippen LogP contribution in [0.3, 0.4) is 0 Å². The van der Waals surface area contributed by atoms with Crippen LogP contribution in [0.4, 0.5) is 0 Å². The van der Waals surface area contributed by atoms with Gasteiger partial charge in [-0.05, 0) is 121 Å². The fourth-order valence-electron chi connectivity index (χ4n) is 8.22. The first-order valence-electron chi connectivity index (χ1n) is 17.6. The SMILES string of the molecule is C=C(C)c1cccc2c1CN(Cc1c(C)cc(C)cc1C)C2C(=O)O.Cc1cc(C)c(CN2Cc3c(C(C)C)cccc3C2C(=O)O)c(C)c1. The molecule has 50 heavy (non-hydrogen) atoms. The Morgan fingerprint density at radius 2 is 1.10 bits per heavy atom. The molecule has 2 N–H and O–H groups in total. The van der Waals surface area contributed by atoms with Gasteiger partial charge in [0.25, 0.3) is 0 Å². The van der Waals surface area contributed by atoms with Gasteiger partial charge in [-0.25, -0.2) is 0 Å². The minimum absolute atomic E-state index is 0.396. The summed E-state index contributed by atoms with van der Waals surface area (Å²) in [6.07, 6.45) is 0. The van der Waals surface area contributed by atoms with E-state index in [1.165, 1.54) is 55.6 Å². The molecule has 0 radical (unpaired) electrons. The number of benzene rings is 4. The summed E-state index contributed by atoms with van der Waals surface area (Å²) in [5.41, 5.74) is 17.4. The van der Waals surface area contributed by atoms with Crippen molar-refractivity contribution in [2.45, 2.75) is 106 Å². The monoisotopic (exact) mass is 672 g/mol. The molecule has 0 amide bonds. The lowest BCUT2D eigenvalue weighted by Crippen LogP contribution is -2.28. The molecule has 0 saturated heterocycles. The molecular formula is C44H52N2O4. The zero-order valence-corrected chi connectivity index (χ0v) is 31.1. The smallest absolute Gasteiger partial charge is 0.325 e. The summed E-state index contributed by atoms with van der Waals surface area (Å²) in [5.74, 6) is -1.16. The first kappa shape index (κ1) is 36.8. The molecule has 2 unspecified atom stereocenters. The molecule has 0 aliphatic carbocycles. The summed E-state index contributed by atoms with van der Waals surface area (Å²) in [6.45, 7) is 25.7. The summed E-state index contributed by atoms with van der Waals surface area (Å²) in [6, 6.07) is 19.6. The Hall–Kier alpha value is -4.52. The molecule has 2 atom stereocenters. The van der Waals surface area contributed by atoms with E-state index in [1.807, 2.05) is 37.3 Å². The van der Waals surface area contributed by atoms with Crippen molar-refractivity contribution < 1.29 is 19.8 Å². The molecule has 0 spiro atoms. The average molecular weight is 673 g/mol. The molecule has 4 aromatic rings. The number of carboxylic acids is 2. The number of hydrogen-bond acceptors (Lipinski definition) is 4. The Bertz CT molecular complexity index is 1930. The lowest BCUT2D eigenvalue weighted by Gasteiger charge is -2.24. The number of fused-ring (bicyclic) bond motifs is 2. The quantitative estimate of drug-likeness (QED) is 0.194. The van der Waals surface area contributed by atoms with Crippen LogP contribution in [-0.4, -0.2) is 32.0 Å². The molecule has 0 bridgehead atoms. The van der Waals surface area contributed by atoms with Gasteiger partial charge in [0.15, 0.2) is 0 Å². The normalized spacial score (nSPS) is 16.9. The largest absolute Gasteiger partial charge is 0.480 e. The Balaban J connectivity index is 0.000000194. The van der Waals surface area contributed by atoms with Gasteiger partial charge in [-0.1, -0.05) is 97.8 Å². The molecule has 262 valence electrons. The van der Waals surface area contributed by atoms with Crippen molar-refractivity contribution in [3.05, 3.63) is 145 Å².